The zero-order valence-corrected chi connectivity index (χ0v) is 22.5. The first-order chi connectivity index (χ1) is 18.8. The summed E-state index contributed by atoms with van der Waals surface area (Å²) < 4.78 is 37.1. The minimum atomic E-state index is -4.82. The minimum absolute atomic E-state index is 0.00930. The zero-order chi connectivity index (χ0) is 29.4. The van der Waals surface area contributed by atoms with E-state index in [-0.39, 0.29) is 24.2 Å². The number of aromatic nitrogens is 4. The van der Waals surface area contributed by atoms with Gasteiger partial charge in [0.2, 0.25) is 0 Å². The molecule has 2 aliphatic rings. The van der Waals surface area contributed by atoms with Crippen LogP contribution in [-0.2, 0) is 34.4 Å². The van der Waals surface area contributed by atoms with Gasteiger partial charge in [0.15, 0.2) is 0 Å². The van der Waals surface area contributed by atoms with Crippen LogP contribution in [0.1, 0.15) is 37.8 Å². The lowest BCUT2D eigenvalue weighted by molar-refractivity contribution is -0.117. The highest BCUT2D eigenvalue weighted by Crippen LogP contribution is 2.49. The van der Waals surface area contributed by atoms with Gasteiger partial charge in [-0.2, -0.15) is 4.98 Å². The zero-order valence-electron chi connectivity index (χ0n) is 21.6. The maximum absolute atomic E-state index is 12.9. The molecule has 18 heteroatoms. The van der Waals surface area contributed by atoms with Crippen LogP contribution < -0.4 is 22.7 Å². The topological polar surface area (TPSA) is 237 Å². The molecule has 0 aliphatic carbocycles. The SMILES string of the molecule is CC(=O)Cn1c(=O)c(C)cn([C@H]2C[C@H](OP(=O)(O)OC[C@H]3O[C@@H](n4ccc(N)nc4=O)C[C@@H]3O)[C@@H](CO)O2)c1=O. The van der Waals surface area contributed by atoms with Gasteiger partial charge in [-0.05, 0) is 19.9 Å². The molecule has 17 nitrogen and oxygen atoms in total. The van der Waals surface area contributed by atoms with Gasteiger partial charge < -0.3 is 30.3 Å². The van der Waals surface area contributed by atoms with Gasteiger partial charge in [-0.25, -0.2) is 14.2 Å². The van der Waals surface area contributed by atoms with Crippen LogP contribution in [0.4, 0.5) is 5.82 Å². The number of phosphoric acid groups is 1. The number of anilines is 1. The average molecular weight is 587 g/mol. The fourth-order valence-electron chi connectivity index (χ4n) is 4.52. The number of nitrogen functional groups attached to an aromatic ring is 1. The van der Waals surface area contributed by atoms with E-state index in [4.69, 9.17) is 24.3 Å². The van der Waals surface area contributed by atoms with Crippen molar-refractivity contribution in [2.45, 2.75) is 70.1 Å². The third-order valence-corrected chi connectivity index (χ3v) is 7.47. The van der Waals surface area contributed by atoms with E-state index in [0.29, 0.717) is 0 Å². The molecule has 2 aliphatic heterocycles. The second-order valence-corrected chi connectivity index (χ2v) is 10.9. The van der Waals surface area contributed by atoms with E-state index in [2.05, 4.69) is 4.98 Å². The predicted octanol–water partition coefficient (Wildman–Crippen LogP) is -1.82. The molecule has 4 rings (SSSR count). The quantitative estimate of drug-likeness (QED) is 0.224. The van der Waals surface area contributed by atoms with Crippen molar-refractivity contribution in [3.05, 3.63) is 55.3 Å². The third-order valence-electron chi connectivity index (χ3n) is 6.45. The maximum Gasteiger partial charge on any atom is 0.472 e. The normalized spacial score (nSPS) is 28.0. The second kappa shape index (κ2) is 11.8. The average Bonchev–Trinajstić information content (AvgIpc) is 3.44. The van der Waals surface area contributed by atoms with Crippen molar-refractivity contribution < 1.29 is 43.0 Å². The minimum Gasteiger partial charge on any atom is -0.394 e. The number of aryl methyl sites for hydroxylation is 1. The van der Waals surface area contributed by atoms with Crippen molar-refractivity contribution in [3.63, 3.8) is 0 Å². The van der Waals surface area contributed by atoms with Crippen LogP contribution >= 0.6 is 7.82 Å². The summed E-state index contributed by atoms with van der Waals surface area (Å²) in [5.41, 5.74) is 3.43. The molecule has 0 spiro atoms. The van der Waals surface area contributed by atoms with Crippen LogP contribution in [0, 0.1) is 6.92 Å². The lowest BCUT2D eigenvalue weighted by Crippen LogP contribution is -2.43. The molecule has 0 bridgehead atoms. The highest BCUT2D eigenvalue weighted by atomic mass is 31.2. The van der Waals surface area contributed by atoms with E-state index in [1.165, 1.54) is 32.3 Å². The molecule has 40 heavy (non-hydrogen) atoms. The Bertz CT molecular complexity index is 1490. The Morgan fingerprint density at radius 2 is 1.88 bits per heavy atom. The summed E-state index contributed by atoms with van der Waals surface area (Å²) >= 11 is 0. The number of nitrogens with two attached hydrogens (primary N) is 1. The van der Waals surface area contributed by atoms with Crippen molar-refractivity contribution in [1.29, 1.82) is 0 Å². The molecule has 0 radical (unpaired) electrons. The number of rotatable bonds is 10. The highest BCUT2D eigenvalue weighted by molar-refractivity contribution is 7.47. The first-order valence-electron chi connectivity index (χ1n) is 12.2. The van der Waals surface area contributed by atoms with Gasteiger partial charge in [-0.15, -0.1) is 0 Å². The van der Waals surface area contributed by atoms with E-state index < -0.39 is 87.2 Å². The number of ether oxygens (including phenoxy) is 2. The van der Waals surface area contributed by atoms with Crippen molar-refractivity contribution in [1.82, 2.24) is 18.7 Å². The highest BCUT2D eigenvalue weighted by Gasteiger charge is 2.43. The van der Waals surface area contributed by atoms with Crippen LogP contribution in [0.2, 0.25) is 0 Å². The number of phosphoric ester groups is 1. The molecule has 0 aromatic carbocycles. The van der Waals surface area contributed by atoms with Gasteiger partial charge in [-0.1, -0.05) is 0 Å². The molecule has 7 atom stereocenters. The Kier molecular flexibility index (Phi) is 8.86. The molecule has 2 fully saturated rings. The molecule has 220 valence electrons. The number of aliphatic hydroxyl groups is 2. The molecular weight excluding hydrogens is 557 g/mol. The van der Waals surface area contributed by atoms with Crippen LogP contribution in [0.3, 0.4) is 0 Å². The van der Waals surface area contributed by atoms with E-state index in [9.17, 15) is 38.8 Å². The Morgan fingerprint density at radius 1 is 1.20 bits per heavy atom. The predicted molar refractivity (Wildman–Crippen MR) is 134 cm³/mol. The smallest absolute Gasteiger partial charge is 0.394 e. The monoisotopic (exact) mass is 587 g/mol. The van der Waals surface area contributed by atoms with Gasteiger partial charge in [0.05, 0.1) is 25.9 Å². The standard InChI is InChI=1S/C22H30N5O12P/c1-11-7-26(22(33)27(20(11)31)8-12(2)29)19-6-14(15(9-28)37-19)39-40(34,35)36-10-16-13(30)5-18(38-16)25-4-3-17(23)24-21(25)32/h3-4,7,13-16,18-19,28,30H,5-6,8-10H2,1-2H3,(H,34,35)(H2,23,24,32)/t13-,14-,15+,16+,18+,19+/m0/s1. The summed E-state index contributed by atoms with van der Waals surface area (Å²) in [4.78, 5) is 62.8. The number of carbonyl (C=O) groups excluding carboxylic acids is 1. The first-order valence-corrected chi connectivity index (χ1v) is 13.7. The van der Waals surface area contributed by atoms with E-state index in [0.717, 1.165) is 13.7 Å². The lowest BCUT2D eigenvalue weighted by Gasteiger charge is -2.21. The fraction of sp³-hybridized carbons (Fsp3) is 0.591. The summed E-state index contributed by atoms with van der Waals surface area (Å²) in [6.45, 7) is 0.992. The van der Waals surface area contributed by atoms with Crippen molar-refractivity contribution >= 4 is 19.4 Å². The van der Waals surface area contributed by atoms with E-state index >= 15 is 0 Å². The molecule has 2 aromatic heterocycles. The number of aliphatic hydroxyl groups excluding tert-OH is 2. The molecule has 4 heterocycles. The lowest BCUT2D eigenvalue weighted by atomic mass is 10.2. The molecule has 1 unspecified atom stereocenters. The molecular formula is C22H30N5O12P. The number of Topliss-reactive ketones (excluding diaryl/α,β-unsaturated/α-hetero) is 1. The van der Waals surface area contributed by atoms with Crippen LogP contribution in [0.25, 0.3) is 0 Å². The number of ketones is 1. The number of carbonyl (C=O) groups is 1. The summed E-state index contributed by atoms with van der Waals surface area (Å²) in [6, 6.07) is 1.37. The molecule has 2 saturated heterocycles. The fourth-order valence-corrected chi connectivity index (χ4v) is 5.48. The summed E-state index contributed by atoms with van der Waals surface area (Å²) in [7, 11) is -4.82. The third kappa shape index (κ3) is 6.47. The number of nitrogens with zero attached hydrogens (tertiary/aromatic N) is 4. The van der Waals surface area contributed by atoms with Crippen LogP contribution in [0.5, 0.6) is 0 Å². The van der Waals surface area contributed by atoms with Crippen molar-refractivity contribution in [3.8, 4) is 0 Å². The van der Waals surface area contributed by atoms with E-state index in [1.807, 2.05) is 0 Å². The van der Waals surface area contributed by atoms with Gasteiger partial charge in [0.1, 0.15) is 42.4 Å². The van der Waals surface area contributed by atoms with E-state index in [1.54, 1.807) is 0 Å². The van der Waals surface area contributed by atoms with Crippen molar-refractivity contribution in [2.75, 3.05) is 18.9 Å². The Labute approximate surface area is 225 Å². The Hall–Kier alpha value is -3.02. The first kappa shape index (κ1) is 30.0. The molecule has 2 aromatic rings. The van der Waals surface area contributed by atoms with Gasteiger partial charge in [0, 0.05) is 30.8 Å². The molecule has 5 N–H and O–H groups in total. The van der Waals surface area contributed by atoms with Gasteiger partial charge in [-0.3, -0.25) is 32.3 Å². The Balaban J connectivity index is 1.42. The molecule has 0 saturated carbocycles. The largest absolute Gasteiger partial charge is 0.472 e. The van der Waals surface area contributed by atoms with Gasteiger partial charge in [0.25, 0.3) is 5.56 Å². The van der Waals surface area contributed by atoms with Crippen LogP contribution in [0.15, 0.2) is 32.8 Å². The maximum atomic E-state index is 12.9. The summed E-state index contributed by atoms with van der Waals surface area (Å²) in [5.74, 6) is -0.411. The number of hydrogen-bond donors (Lipinski definition) is 4. The summed E-state index contributed by atoms with van der Waals surface area (Å²) in [6.07, 6.45) is -4.26. The summed E-state index contributed by atoms with van der Waals surface area (Å²) in [5, 5.41) is 20.1. The van der Waals surface area contributed by atoms with Crippen LogP contribution in [-0.4, -0.2) is 77.2 Å². The molecule has 0 amide bonds. The van der Waals surface area contributed by atoms with Crippen molar-refractivity contribution in [2.24, 2.45) is 0 Å². The Morgan fingerprint density at radius 3 is 2.52 bits per heavy atom. The second-order valence-electron chi connectivity index (χ2n) is 9.53. The number of hydrogen-bond acceptors (Lipinski definition) is 13. The van der Waals surface area contributed by atoms with Gasteiger partial charge >= 0.3 is 19.2 Å².